The standard InChI is InChI=1S/C18H31N5O2/c1-6-7-11-25-16-14(9-8-10-20-16)12-21-17(19-5)22-13-15(24)23-18(2,3)4/h8-10H,6-7,11-13H2,1-5H3,(H,23,24)(H2,19,21,22). The third-order valence-corrected chi connectivity index (χ3v) is 3.19. The summed E-state index contributed by atoms with van der Waals surface area (Å²) in [4.78, 5) is 20.3. The number of hydrogen-bond donors (Lipinski definition) is 3. The van der Waals surface area contributed by atoms with E-state index in [0.717, 1.165) is 18.4 Å². The summed E-state index contributed by atoms with van der Waals surface area (Å²) in [7, 11) is 1.67. The predicted octanol–water partition coefficient (Wildman–Crippen LogP) is 1.84. The summed E-state index contributed by atoms with van der Waals surface area (Å²) in [5.41, 5.74) is 0.691. The zero-order valence-electron chi connectivity index (χ0n) is 16.0. The first-order valence-electron chi connectivity index (χ1n) is 8.68. The van der Waals surface area contributed by atoms with E-state index in [4.69, 9.17) is 4.74 Å². The highest BCUT2D eigenvalue weighted by Gasteiger charge is 2.13. The van der Waals surface area contributed by atoms with Gasteiger partial charge >= 0.3 is 0 Å². The summed E-state index contributed by atoms with van der Waals surface area (Å²) in [6, 6.07) is 3.83. The maximum atomic E-state index is 11.9. The van der Waals surface area contributed by atoms with Crippen LogP contribution in [-0.2, 0) is 11.3 Å². The van der Waals surface area contributed by atoms with E-state index in [1.54, 1.807) is 13.2 Å². The number of carbonyl (C=O) groups is 1. The molecule has 0 aromatic carbocycles. The van der Waals surface area contributed by atoms with Crippen molar-refractivity contribution in [1.82, 2.24) is 20.9 Å². The number of rotatable bonds is 8. The lowest BCUT2D eigenvalue weighted by atomic mass is 10.1. The van der Waals surface area contributed by atoms with Crippen LogP contribution in [0.4, 0.5) is 0 Å². The molecule has 1 aromatic rings. The van der Waals surface area contributed by atoms with E-state index in [2.05, 4.69) is 32.9 Å². The SMILES string of the molecule is CCCCOc1ncccc1CNC(=NC)NCC(=O)NC(C)(C)C. The number of amides is 1. The summed E-state index contributed by atoms with van der Waals surface area (Å²) >= 11 is 0. The lowest BCUT2D eigenvalue weighted by molar-refractivity contribution is -0.121. The Morgan fingerprint density at radius 1 is 1.32 bits per heavy atom. The molecule has 0 aliphatic carbocycles. The molecule has 1 aromatic heterocycles. The van der Waals surface area contributed by atoms with Gasteiger partial charge in [0.2, 0.25) is 11.8 Å². The van der Waals surface area contributed by atoms with Crippen LogP contribution in [0.5, 0.6) is 5.88 Å². The minimum Gasteiger partial charge on any atom is -0.477 e. The van der Waals surface area contributed by atoms with Gasteiger partial charge in [0.25, 0.3) is 0 Å². The third-order valence-electron chi connectivity index (χ3n) is 3.19. The van der Waals surface area contributed by atoms with Gasteiger partial charge in [-0.3, -0.25) is 9.79 Å². The van der Waals surface area contributed by atoms with Crippen molar-refractivity contribution in [2.24, 2.45) is 4.99 Å². The highest BCUT2D eigenvalue weighted by molar-refractivity contribution is 5.86. The van der Waals surface area contributed by atoms with Crippen molar-refractivity contribution in [1.29, 1.82) is 0 Å². The van der Waals surface area contributed by atoms with E-state index in [0.29, 0.717) is 25.0 Å². The zero-order valence-corrected chi connectivity index (χ0v) is 16.0. The molecule has 0 aliphatic heterocycles. The van der Waals surface area contributed by atoms with Crippen LogP contribution in [-0.4, -0.2) is 42.6 Å². The number of aliphatic imine (C=N–C) groups is 1. The maximum absolute atomic E-state index is 11.9. The minimum atomic E-state index is -0.254. The minimum absolute atomic E-state index is 0.0829. The van der Waals surface area contributed by atoms with E-state index >= 15 is 0 Å². The first kappa shape index (κ1) is 20.7. The summed E-state index contributed by atoms with van der Waals surface area (Å²) in [5.74, 6) is 1.09. The van der Waals surface area contributed by atoms with Gasteiger partial charge in [-0.25, -0.2) is 4.98 Å². The van der Waals surface area contributed by atoms with E-state index in [9.17, 15) is 4.79 Å². The van der Waals surface area contributed by atoms with Crippen molar-refractivity contribution in [2.75, 3.05) is 20.2 Å². The van der Waals surface area contributed by atoms with Crippen LogP contribution in [0, 0.1) is 0 Å². The monoisotopic (exact) mass is 349 g/mol. The largest absolute Gasteiger partial charge is 0.477 e. The lowest BCUT2D eigenvalue weighted by Gasteiger charge is -2.21. The molecule has 7 heteroatoms. The van der Waals surface area contributed by atoms with E-state index in [-0.39, 0.29) is 18.0 Å². The van der Waals surface area contributed by atoms with Gasteiger partial charge in [0, 0.05) is 30.9 Å². The molecule has 7 nitrogen and oxygen atoms in total. The Labute approximate surface area is 150 Å². The number of pyridine rings is 1. The fourth-order valence-electron chi connectivity index (χ4n) is 2.03. The van der Waals surface area contributed by atoms with Crippen LogP contribution in [0.1, 0.15) is 46.1 Å². The van der Waals surface area contributed by atoms with E-state index < -0.39 is 0 Å². The average molecular weight is 349 g/mol. The molecule has 0 saturated heterocycles. The van der Waals surface area contributed by atoms with Crippen LogP contribution in [0.15, 0.2) is 23.3 Å². The quantitative estimate of drug-likeness (QED) is 0.379. The number of nitrogens with zero attached hydrogens (tertiary/aromatic N) is 2. The number of guanidine groups is 1. The van der Waals surface area contributed by atoms with Gasteiger partial charge in [-0.1, -0.05) is 19.4 Å². The first-order chi connectivity index (χ1) is 11.9. The van der Waals surface area contributed by atoms with Crippen molar-refractivity contribution in [3.05, 3.63) is 23.9 Å². The Kier molecular flexibility index (Phi) is 8.74. The molecule has 0 fully saturated rings. The Morgan fingerprint density at radius 2 is 2.08 bits per heavy atom. The van der Waals surface area contributed by atoms with E-state index in [1.807, 2.05) is 32.9 Å². The second kappa shape index (κ2) is 10.5. The van der Waals surface area contributed by atoms with Crippen LogP contribution in [0.25, 0.3) is 0 Å². The second-order valence-corrected chi connectivity index (χ2v) is 6.75. The summed E-state index contributed by atoms with van der Waals surface area (Å²) in [5, 5.41) is 9.07. The molecule has 0 spiro atoms. The molecule has 0 aliphatic rings. The molecular weight excluding hydrogens is 318 g/mol. The van der Waals surface area contributed by atoms with Gasteiger partial charge in [0.05, 0.1) is 13.2 Å². The summed E-state index contributed by atoms with van der Waals surface area (Å²) in [6.45, 7) is 9.28. The van der Waals surface area contributed by atoms with Crippen molar-refractivity contribution in [3.8, 4) is 5.88 Å². The maximum Gasteiger partial charge on any atom is 0.239 e. The van der Waals surface area contributed by atoms with Gasteiger partial charge < -0.3 is 20.7 Å². The number of carbonyl (C=O) groups excluding carboxylic acids is 1. The molecule has 0 bridgehead atoms. The number of hydrogen-bond acceptors (Lipinski definition) is 4. The van der Waals surface area contributed by atoms with Crippen molar-refractivity contribution in [3.63, 3.8) is 0 Å². The van der Waals surface area contributed by atoms with Crippen LogP contribution in [0.3, 0.4) is 0 Å². The predicted molar refractivity (Wildman–Crippen MR) is 101 cm³/mol. The third kappa shape index (κ3) is 8.93. The Balaban J connectivity index is 2.51. The number of nitrogens with one attached hydrogen (secondary N) is 3. The molecule has 0 radical (unpaired) electrons. The molecule has 1 rings (SSSR count). The Hall–Kier alpha value is -2.31. The molecule has 0 unspecified atom stereocenters. The van der Waals surface area contributed by atoms with Gasteiger partial charge in [-0.05, 0) is 33.3 Å². The van der Waals surface area contributed by atoms with Gasteiger partial charge in [-0.2, -0.15) is 0 Å². The average Bonchev–Trinajstić information content (AvgIpc) is 2.55. The molecule has 1 heterocycles. The first-order valence-corrected chi connectivity index (χ1v) is 8.68. The molecule has 140 valence electrons. The molecule has 0 atom stereocenters. The molecule has 1 amide bonds. The van der Waals surface area contributed by atoms with Crippen molar-refractivity contribution in [2.45, 2.75) is 52.6 Å². The van der Waals surface area contributed by atoms with Gasteiger partial charge in [-0.15, -0.1) is 0 Å². The van der Waals surface area contributed by atoms with Crippen LogP contribution < -0.4 is 20.7 Å². The van der Waals surface area contributed by atoms with Crippen molar-refractivity contribution < 1.29 is 9.53 Å². The number of ether oxygens (including phenoxy) is 1. The highest BCUT2D eigenvalue weighted by Crippen LogP contribution is 2.14. The zero-order chi connectivity index (χ0) is 18.7. The second-order valence-electron chi connectivity index (χ2n) is 6.75. The molecule has 0 saturated carbocycles. The smallest absolute Gasteiger partial charge is 0.239 e. The highest BCUT2D eigenvalue weighted by atomic mass is 16.5. The van der Waals surface area contributed by atoms with Crippen LogP contribution >= 0.6 is 0 Å². The molecule has 25 heavy (non-hydrogen) atoms. The Bertz CT molecular complexity index is 567. The normalized spacial score (nSPS) is 11.8. The van der Waals surface area contributed by atoms with Crippen LogP contribution in [0.2, 0.25) is 0 Å². The molecule has 3 N–H and O–H groups in total. The fraction of sp³-hybridized carbons (Fsp3) is 0.611. The summed E-state index contributed by atoms with van der Waals surface area (Å²) in [6.07, 6.45) is 3.79. The van der Waals surface area contributed by atoms with Gasteiger partial charge in [0.15, 0.2) is 5.96 Å². The van der Waals surface area contributed by atoms with Crippen molar-refractivity contribution >= 4 is 11.9 Å². The fourth-order valence-corrected chi connectivity index (χ4v) is 2.03. The topological polar surface area (TPSA) is 87.6 Å². The van der Waals surface area contributed by atoms with E-state index in [1.165, 1.54) is 0 Å². The number of unbranched alkanes of at least 4 members (excludes halogenated alkanes) is 1. The number of aromatic nitrogens is 1. The Morgan fingerprint density at radius 3 is 2.72 bits per heavy atom. The molecular formula is C18H31N5O2. The lowest BCUT2D eigenvalue weighted by Crippen LogP contribution is -2.48. The summed E-state index contributed by atoms with van der Waals surface area (Å²) < 4.78 is 5.72. The van der Waals surface area contributed by atoms with Gasteiger partial charge in [0.1, 0.15) is 0 Å².